The lowest BCUT2D eigenvalue weighted by Gasteiger charge is -2.29. The quantitative estimate of drug-likeness (QED) is 0.902. The molecule has 2 aliphatic rings. The first-order valence-electron chi connectivity index (χ1n) is 6.69. The number of pyridine rings is 1. The van der Waals surface area contributed by atoms with Crippen molar-refractivity contribution in [1.29, 1.82) is 0 Å². The van der Waals surface area contributed by atoms with Gasteiger partial charge in [0.2, 0.25) is 11.8 Å². The highest BCUT2D eigenvalue weighted by Gasteiger charge is 2.52. The van der Waals surface area contributed by atoms with Gasteiger partial charge in [0.15, 0.2) is 0 Å². The van der Waals surface area contributed by atoms with E-state index in [1.165, 1.54) is 0 Å². The number of amides is 2. The maximum Gasteiger partial charge on any atom is 0.249 e. The number of nitrogens with zero attached hydrogens (tertiary/aromatic N) is 2. The Labute approximate surface area is 122 Å². The van der Waals surface area contributed by atoms with Crippen LogP contribution in [0.3, 0.4) is 0 Å². The Kier molecular flexibility index (Phi) is 3.20. The molecule has 2 fully saturated rings. The normalized spacial score (nSPS) is 28.6. The molecule has 2 aliphatic heterocycles. The van der Waals surface area contributed by atoms with Gasteiger partial charge < -0.3 is 10.2 Å². The molecule has 6 heteroatoms. The number of anilines is 1. The summed E-state index contributed by atoms with van der Waals surface area (Å²) in [4.78, 5) is 30.1. The van der Waals surface area contributed by atoms with Gasteiger partial charge in [-0.05, 0) is 31.9 Å². The molecule has 3 rings (SSSR count). The third-order valence-corrected chi connectivity index (χ3v) is 5.42. The second-order valence-electron chi connectivity index (χ2n) is 5.48. The average Bonchev–Trinajstić information content (AvgIpc) is 2.90. The lowest BCUT2D eigenvalue weighted by atomic mass is 10.2. The number of carbonyl (C=O) groups excluding carboxylic acids is 2. The fourth-order valence-electron chi connectivity index (χ4n) is 2.77. The van der Waals surface area contributed by atoms with Gasteiger partial charge in [-0.25, -0.2) is 4.98 Å². The van der Waals surface area contributed by atoms with Crippen LogP contribution < -0.4 is 5.32 Å². The molecule has 1 N–H and O–H groups in total. The van der Waals surface area contributed by atoms with Gasteiger partial charge in [-0.15, -0.1) is 11.8 Å². The first-order chi connectivity index (χ1) is 9.49. The number of aromatic nitrogens is 1. The summed E-state index contributed by atoms with van der Waals surface area (Å²) in [7, 11) is 0. The van der Waals surface area contributed by atoms with E-state index < -0.39 is 0 Å². The van der Waals surface area contributed by atoms with Crippen LogP contribution in [0.2, 0.25) is 0 Å². The average molecular weight is 291 g/mol. The largest absolute Gasteiger partial charge is 0.315 e. The Morgan fingerprint density at radius 2 is 2.35 bits per heavy atom. The molecule has 1 aromatic heterocycles. The van der Waals surface area contributed by atoms with Crippen molar-refractivity contribution >= 4 is 29.4 Å². The zero-order valence-electron chi connectivity index (χ0n) is 11.5. The smallest absolute Gasteiger partial charge is 0.249 e. The molecule has 5 nitrogen and oxygen atoms in total. The minimum Gasteiger partial charge on any atom is -0.315 e. The summed E-state index contributed by atoms with van der Waals surface area (Å²) >= 11 is 1.69. The minimum atomic E-state index is -0.386. The maximum absolute atomic E-state index is 12.4. The van der Waals surface area contributed by atoms with Gasteiger partial charge in [-0.2, -0.15) is 0 Å². The number of carbonyl (C=O) groups is 2. The predicted octanol–water partition coefficient (Wildman–Crippen LogP) is 1.78. The van der Waals surface area contributed by atoms with Gasteiger partial charge in [0, 0.05) is 18.4 Å². The van der Waals surface area contributed by atoms with Gasteiger partial charge in [0.25, 0.3) is 0 Å². The van der Waals surface area contributed by atoms with Crippen LogP contribution in [0.25, 0.3) is 0 Å². The van der Waals surface area contributed by atoms with Crippen molar-refractivity contribution in [2.75, 3.05) is 11.1 Å². The molecule has 2 unspecified atom stereocenters. The lowest BCUT2D eigenvalue weighted by Crippen LogP contribution is -2.48. The van der Waals surface area contributed by atoms with Crippen molar-refractivity contribution in [1.82, 2.24) is 9.88 Å². The number of fused-ring (bicyclic) bond motifs is 1. The van der Waals surface area contributed by atoms with E-state index in [-0.39, 0.29) is 22.7 Å². The van der Waals surface area contributed by atoms with Crippen LogP contribution in [0.1, 0.15) is 25.3 Å². The van der Waals surface area contributed by atoms with Crippen molar-refractivity contribution in [3.8, 4) is 0 Å². The highest BCUT2D eigenvalue weighted by Crippen LogP contribution is 2.47. The van der Waals surface area contributed by atoms with Crippen LogP contribution in [0, 0.1) is 6.92 Å². The van der Waals surface area contributed by atoms with Crippen LogP contribution in [-0.2, 0) is 9.59 Å². The zero-order chi connectivity index (χ0) is 14.3. The lowest BCUT2D eigenvalue weighted by molar-refractivity contribution is -0.135. The maximum atomic E-state index is 12.4. The fourth-order valence-corrected chi connectivity index (χ4v) is 4.20. The topological polar surface area (TPSA) is 62.3 Å². The summed E-state index contributed by atoms with van der Waals surface area (Å²) in [5, 5.41) is 2.80. The fraction of sp³-hybridized carbons (Fsp3) is 0.500. The van der Waals surface area contributed by atoms with Crippen molar-refractivity contribution < 1.29 is 9.59 Å². The molecule has 2 amide bonds. The Balaban J connectivity index is 1.75. The van der Waals surface area contributed by atoms with E-state index in [0.717, 1.165) is 12.0 Å². The highest BCUT2D eigenvalue weighted by molar-refractivity contribution is 8.01. The molecule has 0 spiro atoms. The first-order valence-corrected chi connectivity index (χ1v) is 7.68. The number of thioether (sulfide) groups is 1. The van der Waals surface area contributed by atoms with E-state index in [4.69, 9.17) is 0 Å². The van der Waals surface area contributed by atoms with Crippen LogP contribution in [-0.4, -0.2) is 38.4 Å². The second kappa shape index (κ2) is 4.77. The Morgan fingerprint density at radius 3 is 3.05 bits per heavy atom. The van der Waals surface area contributed by atoms with Crippen LogP contribution in [0.15, 0.2) is 18.3 Å². The van der Waals surface area contributed by atoms with E-state index in [1.807, 2.05) is 19.9 Å². The Hall–Kier alpha value is -1.56. The van der Waals surface area contributed by atoms with Crippen molar-refractivity contribution in [3.05, 3.63) is 23.9 Å². The molecular formula is C14H17N3O2S. The number of nitrogens with one attached hydrogen (secondary N) is 1. The third kappa shape index (κ3) is 2.18. The van der Waals surface area contributed by atoms with E-state index in [2.05, 4.69) is 10.3 Å². The second-order valence-corrected chi connectivity index (χ2v) is 6.98. The van der Waals surface area contributed by atoms with E-state index in [0.29, 0.717) is 18.0 Å². The Morgan fingerprint density at radius 1 is 1.55 bits per heavy atom. The van der Waals surface area contributed by atoms with E-state index in [1.54, 1.807) is 28.9 Å². The molecule has 0 saturated carbocycles. The van der Waals surface area contributed by atoms with Gasteiger partial charge in [-0.3, -0.25) is 9.59 Å². The van der Waals surface area contributed by atoms with Crippen molar-refractivity contribution in [3.63, 3.8) is 0 Å². The molecule has 2 saturated heterocycles. The monoisotopic (exact) mass is 291 g/mol. The molecule has 0 aromatic carbocycles. The zero-order valence-corrected chi connectivity index (χ0v) is 12.4. The summed E-state index contributed by atoms with van der Waals surface area (Å²) in [6.07, 6.45) is 3.07. The van der Waals surface area contributed by atoms with Gasteiger partial charge >= 0.3 is 0 Å². The number of hydrogen-bond donors (Lipinski definition) is 1. The summed E-state index contributed by atoms with van der Waals surface area (Å²) in [6, 6.07) is 3.29. The molecular weight excluding hydrogens is 274 g/mol. The molecule has 1 aromatic rings. The minimum absolute atomic E-state index is 0.0783. The molecule has 0 radical (unpaired) electrons. The van der Waals surface area contributed by atoms with E-state index in [9.17, 15) is 9.59 Å². The van der Waals surface area contributed by atoms with Crippen LogP contribution in [0.4, 0.5) is 5.82 Å². The highest BCUT2D eigenvalue weighted by atomic mass is 32.2. The summed E-state index contributed by atoms with van der Waals surface area (Å²) in [6.45, 7) is 3.99. The molecule has 0 bridgehead atoms. The molecule has 2 atom stereocenters. The van der Waals surface area contributed by atoms with Crippen LogP contribution >= 0.6 is 11.8 Å². The van der Waals surface area contributed by atoms with Gasteiger partial charge in [0.05, 0.1) is 4.87 Å². The number of hydrogen-bond acceptors (Lipinski definition) is 4. The molecule has 3 heterocycles. The first kappa shape index (κ1) is 13.4. The SMILES string of the molecule is Cc1ccc(NC(=O)C2CSC3(C)CCC(=O)N23)nc1. The third-order valence-electron chi connectivity index (χ3n) is 3.91. The number of aryl methyl sites for hydroxylation is 1. The summed E-state index contributed by atoms with van der Waals surface area (Å²) in [5.41, 5.74) is 1.04. The predicted molar refractivity (Wildman–Crippen MR) is 78.3 cm³/mol. The summed E-state index contributed by atoms with van der Waals surface area (Å²) < 4.78 is 0. The molecule has 0 aliphatic carbocycles. The van der Waals surface area contributed by atoms with Gasteiger partial charge in [-0.1, -0.05) is 6.07 Å². The summed E-state index contributed by atoms with van der Waals surface area (Å²) in [5.74, 6) is 1.12. The molecule has 20 heavy (non-hydrogen) atoms. The van der Waals surface area contributed by atoms with Crippen molar-refractivity contribution in [2.24, 2.45) is 0 Å². The molecule has 106 valence electrons. The van der Waals surface area contributed by atoms with E-state index >= 15 is 0 Å². The number of rotatable bonds is 2. The van der Waals surface area contributed by atoms with Gasteiger partial charge in [0.1, 0.15) is 11.9 Å². The van der Waals surface area contributed by atoms with Crippen LogP contribution in [0.5, 0.6) is 0 Å². The Bertz CT molecular complexity index is 560. The standard InChI is InChI=1S/C14H17N3O2S/c1-9-3-4-11(15-7-9)16-13(19)10-8-20-14(2)6-5-12(18)17(10)14/h3-4,7,10H,5-6,8H2,1-2H3,(H,15,16,19). The van der Waals surface area contributed by atoms with Crippen molar-refractivity contribution in [2.45, 2.75) is 37.6 Å².